The van der Waals surface area contributed by atoms with Gasteiger partial charge in [0.05, 0.1) is 5.01 Å². The van der Waals surface area contributed by atoms with E-state index in [1.807, 2.05) is 11.6 Å². The second kappa shape index (κ2) is 4.69. The molecule has 1 aliphatic heterocycles. The predicted molar refractivity (Wildman–Crippen MR) is 55.0 cm³/mol. The van der Waals surface area contributed by atoms with Crippen molar-refractivity contribution in [2.24, 2.45) is 5.92 Å². The van der Waals surface area contributed by atoms with Crippen molar-refractivity contribution in [1.29, 1.82) is 0 Å². The molecule has 3 nitrogen and oxygen atoms in total. The highest BCUT2D eigenvalue weighted by molar-refractivity contribution is 7.09. The second-order valence-corrected chi connectivity index (χ2v) is 4.38. The summed E-state index contributed by atoms with van der Waals surface area (Å²) in [7, 11) is 0. The molecule has 1 aromatic rings. The lowest BCUT2D eigenvalue weighted by Gasteiger charge is -2.27. The molecule has 1 aromatic heterocycles. The molecule has 0 aromatic carbocycles. The fraction of sp³-hybridized carbons (Fsp3) is 0.667. The first-order valence-corrected chi connectivity index (χ1v) is 5.63. The number of hydrogen-bond acceptors (Lipinski definition) is 4. The molecule has 0 amide bonds. The quantitative estimate of drug-likeness (QED) is 0.675. The van der Waals surface area contributed by atoms with E-state index in [1.165, 1.54) is 18.1 Å². The highest BCUT2D eigenvalue weighted by Gasteiger charge is 2.15. The van der Waals surface area contributed by atoms with E-state index in [2.05, 4.69) is 15.6 Å². The fourth-order valence-electron chi connectivity index (χ4n) is 1.37. The van der Waals surface area contributed by atoms with Crippen molar-refractivity contribution in [3.8, 4) is 0 Å². The molecule has 4 heteroatoms. The fourth-order valence-corrected chi connectivity index (χ4v) is 1.99. The summed E-state index contributed by atoms with van der Waals surface area (Å²) in [5.41, 5.74) is 0. The van der Waals surface area contributed by atoms with Crippen molar-refractivity contribution < 1.29 is 0 Å². The summed E-state index contributed by atoms with van der Waals surface area (Å²) in [6.45, 7) is 4.58. The molecule has 0 radical (unpaired) electrons. The zero-order valence-corrected chi connectivity index (χ0v) is 8.44. The van der Waals surface area contributed by atoms with Crippen LogP contribution in [0.15, 0.2) is 11.6 Å². The number of rotatable bonds is 5. The summed E-state index contributed by atoms with van der Waals surface area (Å²) in [5.74, 6) is 0.858. The maximum atomic E-state index is 4.23. The molecule has 2 N–H and O–H groups in total. The smallest absolute Gasteiger partial charge is 0.0937 e. The zero-order chi connectivity index (χ0) is 8.93. The average molecular weight is 197 g/mol. The van der Waals surface area contributed by atoms with Crippen LogP contribution >= 0.6 is 11.3 Å². The van der Waals surface area contributed by atoms with Gasteiger partial charge in [0, 0.05) is 44.2 Å². The molecule has 1 aliphatic rings. The highest BCUT2D eigenvalue weighted by atomic mass is 32.1. The molecule has 0 unspecified atom stereocenters. The van der Waals surface area contributed by atoms with Gasteiger partial charge in [0.15, 0.2) is 0 Å². The third kappa shape index (κ3) is 2.76. The Morgan fingerprint density at radius 3 is 3.15 bits per heavy atom. The summed E-state index contributed by atoms with van der Waals surface area (Å²) < 4.78 is 0. The standard InChI is InChI=1S/C9H15N3S/c1(9-12-3-4-13-9)2-10-5-8-6-11-7-8/h3-4,8,10-11H,1-2,5-7H2. The Kier molecular flexibility index (Phi) is 3.29. The lowest BCUT2D eigenvalue weighted by atomic mass is 10.0. The van der Waals surface area contributed by atoms with Gasteiger partial charge in [-0.05, 0) is 5.92 Å². The van der Waals surface area contributed by atoms with Crippen molar-refractivity contribution in [3.63, 3.8) is 0 Å². The van der Waals surface area contributed by atoms with E-state index >= 15 is 0 Å². The van der Waals surface area contributed by atoms with Gasteiger partial charge in [0.25, 0.3) is 0 Å². The van der Waals surface area contributed by atoms with Crippen LogP contribution in [0, 0.1) is 5.92 Å². The predicted octanol–water partition coefficient (Wildman–Crippen LogP) is 0.495. The van der Waals surface area contributed by atoms with Gasteiger partial charge in [0.1, 0.15) is 0 Å². The van der Waals surface area contributed by atoms with Crippen LogP contribution in [0.4, 0.5) is 0 Å². The molecule has 13 heavy (non-hydrogen) atoms. The van der Waals surface area contributed by atoms with Crippen LogP contribution in [0.2, 0.25) is 0 Å². The highest BCUT2D eigenvalue weighted by Crippen LogP contribution is 2.04. The summed E-state index contributed by atoms with van der Waals surface area (Å²) in [5, 5.41) is 9.99. The second-order valence-electron chi connectivity index (χ2n) is 3.40. The van der Waals surface area contributed by atoms with Gasteiger partial charge in [-0.1, -0.05) is 0 Å². The lowest BCUT2D eigenvalue weighted by molar-refractivity contribution is 0.333. The van der Waals surface area contributed by atoms with Crippen molar-refractivity contribution in [2.75, 3.05) is 26.2 Å². The molecule has 0 saturated carbocycles. The maximum absolute atomic E-state index is 4.23. The molecular formula is C9H15N3S. The van der Waals surface area contributed by atoms with Gasteiger partial charge in [-0.2, -0.15) is 0 Å². The lowest BCUT2D eigenvalue weighted by Crippen LogP contribution is -2.47. The molecule has 2 heterocycles. The van der Waals surface area contributed by atoms with Crippen molar-refractivity contribution in [3.05, 3.63) is 16.6 Å². The minimum atomic E-state index is 0.858. The molecule has 2 rings (SSSR count). The SMILES string of the molecule is c1csc(CCNCC2CNC2)n1. The van der Waals surface area contributed by atoms with Gasteiger partial charge in [-0.3, -0.25) is 0 Å². The first-order chi connectivity index (χ1) is 6.45. The Morgan fingerprint density at radius 2 is 2.54 bits per heavy atom. The van der Waals surface area contributed by atoms with Gasteiger partial charge < -0.3 is 10.6 Å². The van der Waals surface area contributed by atoms with Crippen LogP contribution in [0.3, 0.4) is 0 Å². The monoisotopic (exact) mass is 197 g/mol. The topological polar surface area (TPSA) is 37.0 Å². The first-order valence-electron chi connectivity index (χ1n) is 4.75. The molecule has 0 spiro atoms. The number of thiazole rings is 1. The van der Waals surface area contributed by atoms with Crippen molar-refractivity contribution in [1.82, 2.24) is 15.6 Å². The minimum absolute atomic E-state index is 0.858. The van der Waals surface area contributed by atoms with E-state index < -0.39 is 0 Å². The summed E-state index contributed by atoms with van der Waals surface area (Å²) >= 11 is 1.74. The Balaban J connectivity index is 1.53. The summed E-state index contributed by atoms with van der Waals surface area (Å²) in [6, 6.07) is 0. The molecule has 72 valence electrons. The van der Waals surface area contributed by atoms with Crippen LogP contribution in [-0.2, 0) is 6.42 Å². The Hall–Kier alpha value is -0.450. The first kappa shape index (κ1) is 9.12. The van der Waals surface area contributed by atoms with Crippen LogP contribution in [0.25, 0.3) is 0 Å². The largest absolute Gasteiger partial charge is 0.316 e. The van der Waals surface area contributed by atoms with E-state index in [0.717, 1.165) is 25.4 Å². The van der Waals surface area contributed by atoms with E-state index in [0.29, 0.717) is 0 Å². The van der Waals surface area contributed by atoms with Crippen LogP contribution in [-0.4, -0.2) is 31.2 Å². The van der Waals surface area contributed by atoms with Gasteiger partial charge in [-0.25, -0.2) is 4.98 Å². The molecular weight excluding hydrogens is 182 g/mol. The maximum Gasteiger partial charge on any atom is 0.0937 e. The number of aromatic nitrogens is 1. The van der Waals surface area contributed by atoms with Gasteiger partial charge in [0.2, 0.25) is 0 Å². The van der Waals surface area contributed by atoms with Crippen LogP contribution in [0.1, 0.15) is 5.01 Å². The summed E-state index contributed by atoms with van der Waals surface area (Å²) in [4.78, 5) is 4.23. The average Bonchev–Trinajstić information content (AvgIpc) is 2.53. The Labute approximate surface area is 82.6 Å². The number of nitrogens with zero attached hydrogens (tertiary/aromatic N) is 1. The third-order valence-electron chi connectivity index (χ3n) is 2.30. The van der Waals surface area contributed by atoms with Crippen molar-refractivity contribution in [2.45, 2.75) is 6.42 Å². The third-order valence-corrected chi connectivity index (χ3v) is 3.14. The van der Waals surface area contributed by atoms with Crippen LogP contribution < -0.4 is 10.6 Å². The minimum Gasteiger partial charge on any atom is -0.316 e. The molecule has 0 atom stereocenters. The number of hydrogen-bond donors (Lipinski definition) is 2. The molecule has 1 fully saturated rings. The van der Waals surface area contributed by atoms with E-state index in [-0.39, 0.29) is 0 Å². The molecule has 0 bridgehead atoms. The Morgan fingerprint density at radius 1 is 1.62 bits per heavy atom. The van der Waals surface area contributed by atoms with E-state index in [1.54, 1.807) is 11.3 Å². The van der Waals surface area contributed by atoms with E-state index in [9.17, 15) is 0 Å². The van der Waals surface area contributed by atoms with E-state index in [4.69, 9.17) is 0 Å². The summed E-state index contributed by atoms with van der Waals surface area (Å²) in [6.07, 6.45) is 2.94. The molecule has 0 aliphatic carbocycles. The van der Waals surface area contributed by atoms with Crippen LogP contribution in [0.5, 0.6) is 0 Å². The number of nitrogens with one attached hydrogen (secondary N) is 2. The van der Waals surface area contributed by atoms with Gasteiger partial charge in [-0.15, -0.1) is 11.3 Å². The van der Waals surface area contributed by atoms with Crippen molar-refractivity contribution >= 4 is 11.3 Å². The normalized spacial score (nSPS) is 17.2. The van der Waals surface area contributed by atoms with Gasteiger partial charge >= 0.3 is 0 Å². The molecule has 1 saturated heterocycles. The zero-order valence-electron chi connectivity index (χ0n) is 7.62. The Bertz CT molecular complexity index is 231.